The lowest BCUT2D eigenvalue weighted by Crippen LogP contribution is -2.15. The zero-order valence-electron chi connectivity index (χ0n) is 3.81. The van der Waals surface area contributed by atoms with E-state index in [1.54, 1.807) is 0 Å². The van der Waals surface area contributed by atoms with Crippen molar-refractivity contribution in [3.05, 3.63) is 12.3 Å². The van der Waals surface area contributed by atoms with E-state index in [1.165, 1.54) is 12.3 Å². The molecule has 0 unspecified atom stereocenters. The fraction of sp³-hybridized carbons (Fsp3) is 0. The first-order valence-corrected chi connectivity index (χ1v) is 1.74. The van der Waals surface area contributed by atoms with E-state index in [4.69, 9.17) is 17.0 Å². The van der Waals surface area contributed by atoms with Crippen LogP contribution in [0.2, 0.25) is 0 Å². The van der Waals surface area contributed by atoms with Crippen LogP contribution in [0, 0.1) is 5.41 Å². The highest BCUT2D eigenvalue weighted by Crippen LogP contribution is 1.59. The highest BCUT2D eigenvalue weighted by Gasteiger charge is 1.69. The van der Waals surface area contributed by atoms with Gasteiger partial charge < -0.3 is 11.2 Å². The minimum Gasteiger partial charge on any atom is -0.384 e. The second-order valence-corrected chi connectivity index (χ2v) is 0.955. The van der Waals surface area contributed by atoms with Crippen molar-refractivity contribution in [2.24, 2.45) is 11.6 Å². The van der Waals surface area contributed by atoms with Crippen LogP contribution >= 0.6 is 0 Å². The van der Waals surface area contributed by atoms with Crippen LogP contribution in [0.25, 0.3) is 0 Å². The van der Waals surface area contributed by atoms with E-state index < -0.39 is 0 Å². The van der Waals surface area contributed by atoms with Gasteiger partial charge in [0.15, 0.2) is 0 Å². The Balaban J connectivity index is 3.26. The van der Waals surface area contributed by atoms with Crippen LogP contribution in [-0.4, -0.2) is 5.84 Å². The van der Waals surface area contributed by atoms with Gasteiger partial charge in [-0.1, -0.05) is 0 Å². The van der Waals surface area contributed by atoms with Gasteiger partial charge in [0.25, 0.3) is 0 Å². The summed E-state index contributed by atoms with van der Waals surface area (Å²) in [6, 6.07) is 0. The molecule has 0 spiro atoms. The van der Waals surface area contributed by atoms with Crippen LogP contribution in [0.3, 0.4) is 0 Å². The Hall–Kier alpha value is -1.03. The number of hydrogen-bond donors (Lipinski definition) is 4. The first kappa shape index (κ1) is 5.97. The van der Waals surface area contributed by atoms with Gasteiger partial charge in [0.05, 0.1) is 0 Å². The second kappa shape index (κ2) is 3.17. The Morgan fingerprint density at radius 2 is 2.29 bits per heavy atom. The molecule has 7 heavy (non-hydrogen) atoms. The molecule has 0 aliphatic heterocycles. The summed E-state index contributed by atoms with van der Waals surface area (Å²) in [6.07, 6.45) is 2.72. The molecule has 0 saturated heterocycles. The van der Waals surface area contributed by atoms with E-state index in [0.717, 1.165) is 0 Å². The molecule has 0 heterocycles. The summed E-state index contributed by atoms with van der Waals surface area (Å²) in [5, 5.41) is 6.59. The average Bonchev–Trinajstić information content (AvgIpc) is 1.61. The summed E-state index contributed by atoms with van der Waals surface area (Å²) >= 11 is 0. The van der Waals surface area contributed by atoms with Crippen LogP contribution in [0.4, 0.5) is 0 Å². The van der Waals surface area contributed by atoms with E-state index in [-0.39, 0.29) is 5.84 Å². The summed E-state index contributed by atoms with van der Waals surface area (Å²) in [7, 11) is 0. The number of hydrazine groups is 1. The second-order valence-electron chi connectivity index (χ2n) is 0.955. The van der Waals surface area contributed by atoms with Gasteiger partial charge in [-0.2, -0.15) is 0 Å². The fourth-order valence-corrected chi connectivity index (χ4v) is 0.138. The van der Waals surface area contributed by atoms with Crippen molar-refractivity contribution in [2.45, 2.75) is 0 Å². The largest absolute Gasteiger partial charge is 0.384 e. The lowest BCUT2D eigenvalue weighted by atomic mass is 10.6. The molecular weight excluding hydrogens is 92.1 g/mol. The highest BCUT2D eigenvalue weighted by molar-refractivity contribution is 5.88. The Morgan fingerprint density at radius 1 is 1.71 bits per heavy atom. The average molecular weight is 100 g/mol. The maximum Gasteiger partial charge on any atom is 0.116 e. The zero-order valence-corrected chi connectivity index (χ0v) is 3.81. The van der Waals surface area contributed by atoms with E-state index in [9.17, 15) is 0 Å². The van der Waals surface area contributed by atoms with E-state index in [1.807, 2.05) is 0 Å². The molecule has 4 nitrogen and oxygen atoms in total. The Morgan fingerprint density at radius 3 is 2.43 bits per heavy atom. The molecule has 0 aromatic heterocycles. The van der Waals surface area contributed by atoms with Gasteiger partial charge in [0.1, 0.15) is 5.84 Å². The molecule has 0 fully saturated rings. The van der Waals surface area contributed by atoms with Crippen LogP contribution < -0.4 is 17.0 Å². The van der Waals surface area contributed by atoms with E-state index >= 15 is 0 Å². The maximum absolute atomic E-state index is 6.59. The summed E-state index contributed by atoms with van der Waals surface area (Å²) in [4.78, 5) is 0. The Kier molecular flexibility index (Phi) is 2.70. The quantitative estimate of drug-likeness (QED) is 0.154. The van der Waals surface area contributed by atoms with Crippen molar-refractivity contribution >= 4 is 5.84 Å². The molecular formula is C3H8N4. The van der Waals surface area contributed by atoms with E-state index in [0.29, 0.717) is 0 Å². The van der Waals surface area contributed by atoms with Crippen LogP contribution in [-0.2, 0) is 0 Å². The van der Waals surface area contributed by atoms with Crippen molar-refractivity contribution < 1.29 is 0 Å². The van der Waals surface area contributed by atoms with Crippen molar-refractivity contribution in [1.82, 2.24) is 5.43 Å². The minimum absolute atomic E-state index is 0.0158. The molecule has 0 aromatic rings. The summed E-state index contributed by atoms with van der Waals surface area (Å²) < 4.78 is 0. The topological polar surface area (TPSA) is 87.9 Å². The SMILES string of the molecule is N=C(N)/C=C\NN. The monoisotopic (exact) mass is 100 g/mol. The number of amidine groups is 1. The van der Waals surface area contributed by atoms with Gasteiger partial charge >= 0.3 is 0 Å². The zero-order chi connectivity index (χ0) is 5.70. The lowest BCUT2D eigenvalue weighted by Gasteiger charge is -1.82. The number of rotatable bonds is 2. The van der Waals surface area contributed by atoms with Gasteiger partial charge in [0, 0.05) is 6.20 Å². The smallest absolute Gasteiger partial charge is 0.116 e. The van der Waals surface area contributed by atoms with Gasteiger partial charge in [-0.3, -0.25) is 11.3 Å². The Labute approximate surface area is 41.7 Å². The third kappa shape index (κ3) is 4.97. The van der Waals surface area contributed by atoms with Crippen molar-refractivity contribution in [3.8, 4) is 0 Å². The predicted molar refractivity (Wildman–Crippen MR) is 28.4 cm³/mol. The van der Waals surface area contributed by atoms with Gasteiger partial charge in [-0.05, 0) is 6.08 Å². The van der Waals surface area contributed by atoms with Crippen molar-refractivity contribution in [3.63, 3.8) is 0 Å². The van der Waals surface area contributed by atoms with Crippen LogP contribution in [0.15, 0.2) is 12.3 Å². The number of nitrogens with one attached hydrogen (secondary N) is 2. The molecule has 0 radical (unpaired) electrons. The summed E-state index contributed by atoms with van der Waals surface area (Å²) in [5.41, 5.74) is 7.08. The molecule has 0 aliphatic rings. The standard InChI is InChI=1S/C3H8N4/c4-3(5)1-2-7-6/h1-2,7H,6H2,(H3,4,5)/b2-1-. The van der Waals surface area contributed by atoms with Crippen molar-refractivity contribution in [2.75, 3.05) is 0 Å². The number of nitrogens with two attached hydrogens (primary N) is 2. The van der Waals surface area contributed by atoms with Gasteiger partial charge in [-0.15, -0.1) is 0 Å². The maximum atomic E-state index is 6.59. The first-order valence-electron chi connectivity index (χ1n) is 1.74. The molecule has 4 heteroatoms. The normalized spacial score (nSPS) is 9.29. The van der Waals surface area contributed by atoms with Crippen LogP contribution in [0.5, 0.6) is 0 Å². The third-order valence-electron chi connectivity index (χ3n) is 0.359. The van der Waals surface area contributed by atoms with E-state index in [2.05, 4.69) is 5.43 Å². The molecule has 0 rings (SSSR count). The van der Waals surface area contributed by atoms with Crippen molar-refractivity contribution in [1.29, 1.82) is 5.41 Å². The van der Waals surface area contributed by atoms with Gasteiger partial charge in [-0.25, -0.2) is 0 Å². The molecule has 40 valence electrons. The fourth-order valence-electron chi connectivity index (χ4n) is 0.138. The minimum atomic E-state index is -0.0158. The predicted octanol–water partition coefficient (Wildman–Crippen LogP) is -1.10. The highest BCUT2D eigenvalue weighted by atomic mass is 15.2. The third-order valence-corrected chi connectivity index (χ3v) is 0.359. The molecule has 0 aliphatic carbocycles. The van der Waals surface area contributed by atoms with Gasteiger partial charge in [0.2, 0.25) is 0 Å². The lowest BCUT2D eigenvalue weighted by molar-refractivity contribution is 0.968. The van der Waals surface area contributed by atoms with Crippen LogP contribution in [0.1, 0.15) is 0 Å². The molecule has 0 amide bonds. The summed E-state index contributed by atoms with van der Waals surface area (Å²) in [6.45, 7) is 0. The molecule has 6 N–H and O–H groups in total. The number of hydrogen-bond acceptors (Lipinski definition) is 3. The first-order chi connectivity index (χ1) is 3.27. The molecule has 0 saturated carbocycles. The molecule has 0 aromatic carbocycles. The molecule has 0 bridgehead atoms. The Bertz CT molecular complexity index is 84.9. The molecule has 0 atom stereocenters. The summed E-state index contributed by atoms with van der Waals surface area (Å²) in [5.74, 6) is 4.77.